The van der Waals surface area contributed by atoms with E-state index in [2.05, 4.69) is 5.32 Å². The Morgan fingerprint density at radius 2 is 1.68 bits per heavy atom. The first-order valence-corrected chi connectivity index (χ1v) is 8.69. The minimum absolute atomic E-state index is 0.270. The van der Waals surface area contributed by atoms with E-state index in [4.69, 9.17) is 14.2 Å². The molecule has 1 amide bonds. The van der Waals surface area contributed by atoms with Crippen LogP contribution in [-0.4, -0.2) is 44.7 Å². The van der Waals surface area contributed by atoms with Gasteiger partial charge in [0.2, 0.25) is 0 Å². The molecular formula is C21H23NO6. The number of amides is 1. The van der Waals surface area contributed by atoms with Crippen LogP contribution in [0.1, 0.15) is 21.5 Å². The van der Waals surface area contributed by atoms with E-state index in [1.54, 1.807) is 25.3 Å². The summed E-state index contributed by atoms with van der Waals surface area (Å²) in [6, 6.07) is 15.1. The molecule has 0 fully saturated rings. The van der Waals surface area contributed by atoms with Gasteiger partial charge in [0.25, 0.3) is 5.91 Å². The fraction of sp³-hybridized carbons (Fsp3) is 0.286. The molecule has 0 aromatic heterocycles. The smallest absolute Gasteiger partial charge is 0.338 e. The molecule has 0 spiro atoms. The number of carbonyl (C=O) groups excluding carboxylic acids is 3. The van der Waals surface area contributed by atoms with Crippen molar-refractivity contribution >= 4 is 17.8 Å². The first kappa shape index (κ1) is 21.1. The average molecular weight is 385 g/mol. The Balaban J connectivity index is 1.92. The van der Waals surface area contributed by atoms with Crippen LogP contribution in [0.3, 0.4) is 0 Å². The molecule has 148 valence electrons. The molecule has 0 saturated heterocycles. The molecule has 2 rings (SSSR count). The molecule has 7 heteroatoms. The topological polar surface area (TPSA) is 90.9 Å². The molecule has 0 aliphatic heterocycles. The van der Waals surface area contributed by atoms with Crippen LogP contribution >= 0.6 is 0 Å². The van der Waals surface area contributed by atoms with Crippen molar-refractivity contribution in [2.75, 3.05) is 20.8 Å². The Morgan fingerprint density at radius 1 is 0.964 bits per heavy atom. The van der Waals surface area contributed by atoms with Crippen LogP contribution in [0.25, 0.3) is 0 Å². The van der Waals surface area contributed by atoms with Gasteiger partial charge in [0, 0.05) is 13.5 Å². The highest BCUT2D eigenvalue weighted by atomic mass is 16.5. The van der Waals surface area contributed by atoms with Gasteiger partial charge in [0.15, 0.2) is 6.61 Å². The Bertz CT molecular complexity index is 806. The minimum Gasteiger partial charge on any atom is -0.467 e. The van der Waals surface area contributed by atoms with Gasteiger partial charge in [0.05, 0.1) is 19.3 Å². The van der Waals surface area contributed by atoms with Gasteiger partial charge in [-0.3, -0.25) is 4.79 Å². The van der Waals surface area contributed by atoms with Gasteiger partial charge < -0.3 is 19.5 Å². The number of methoxy groups -OCH3 is 2. The molecule has 7 nitrogen and oxygen atoms in total. The first-order valence-electron chi connectivity index (χ1n) is 8.69. The molecule has 0 aliphatic carbocycles. The molecule has 1 N–H and O–H groups in total. The molecule has 0 radical (unpaired) electrons. The Morgan fingerprint density at radius 3 is 2.36 bits per heavy atom. The SMILES string of the molecule is COCc1cccc(C(=O)OCC(=O)NC(Cc2ccccc2)C(=O)OC)c1. The molecule has 0 saturated carbocycles. The van der Waals surface area contributed by atoms with Crippen molar-refractivity contribution in [3.8, 4) is 0 Å². The van der Waals surface area contributed by atoms with E-state index in [1.165, 1.54) is 7.11 Å². The second kappa shape index (κ2) is 10.8. The van der Waals surface area contributed by atoms with E-state index in [0.29, 0.717) is 12.2 Å². The lowest BCUT2D eigenvalue weighted by Gasteiger charge is -2.16. The normalized spacial score (nSPS) is 11.4. The number of ether oxygens (including phenoxy) is 3. The number of benzene rings is 2. The van der Waals surface area contributed by atoms with E-state index >= 15 is 0 Å². The second-order valence-corrected chi connectivity index (χ2v) is 6.04. The quantitative estimate of drug-likeness (QED) is 0.663. The van der Waals surface area contributed by atoms with E-state index in [0.717, 1.165) is 11.1 Å². The maximum atomic E-state index is 12.2. The molecule has 1 atom stereocenters. The van der Waals surface area contributed by atoms with Gasteiger partial charge in [-0.05, 0) is 23.3 Å². The summed E-state index contributed by atoms with van der Waals surface area (Å²) in [5, 5.41) is 2.54. The third kappa shape index (κ3) is 6.51. The number of esters is 2. The zero-order valence-electron chi connectivity index (χ0n) is 15.8. The monoisotopic (exact) mass is 385 g/mol. The third-order valence-electron chi connectivity index (χ3n) is 3.91. The first-order chi connectivity index (χ1) is 13.5. The number of carbonyl (C=O) groups is 3. The van der Waals surface area contributed by atoms with Gasteiger partial charge in [0.1, 0.15) is 6.04 Å². The van der Waals surface area contributed by atoms with Crippen molar-refractivity contribution in [1.29, 1.82) is 0 Å². The summed E-state index contributed by atoms with van der Waals surface area (Å²) in [5.74, 6) is -1.80. The molecule has 0 aliphatic rings. The van der Waals surface area contributed by atoms with Crippen LogP contribution in [0, 0.1) is 0 Å². The number of rotatable bonds is 9. The fourth-order valence-electron chi connectivity index (χ4n) is 2.59. The summed E-state index contributed by atoms with van der Waals surface area (Å²) in [6.07, 6.45) is 0.270. The predicted molar refractivity (Wildman–Crippen MR) is 102 cm³/mol. The summed E-state index contributed by atoms with van der Waals surface area (Å²) < 4.78 is 14.8. The van der Waals surface area contributed by atoms with E-state index in [-0.39, 0.29) is 6.42 Å². The average Bonchev–Trinajstić information content (AvgIpc) is 2.72. The zero-order valence-corrected chi connectivity index (χ0v) is 15.8. The number of hydrogen-bond acceptors (Lipinski definition) is 6. The van der Waals surface area contributed by atoms with Crippen LogP contribution < -0.4 is 5.32 Å². The zero-order chi connectivity index (χ0) is 20.4. The van der Waals surface area contributed by atoms with Crippen LogP contribution in [0.15, 0.2) is 54.6 Å². The van der Waals surface area contributed by atoms with E-state index < -0.39 is 30.5 Å². The lowest BCUT2D eigenvalue weighted by atomic mass is 10.1. The van der Waals surface area contributed by atoms with Crippen molar-refractivity contribution in [2.45, 2.75) is 19.1 Å². The fourth-order valence-corrected chi connectivity index (χ4v) is 2.59. The lowest BCUT2D eigenvalue weighted by molar-refractivity contribution is -0.145. The second-order valence-electron chi connectivity index (χ2n) is 6.04. The predicted octanol–water partition coefficient (Wildman–Crippen LogP) is 1.89. The largest absolute Gasteiger partial charge is 0.467 e. The summed E-state index contributed by atoms with van der Waals surface area (Å²) >= 11 is 0. The molecule has 0 heterocycles. The van der Waals surface area contributed by atoms with E-state index in [1.807, 2.05) is 36.4 Å². The Kier molecular flexibility index (Phi) is 8.17. The van der Waals surface area contributed by atoms with Gasteiger partial charge >= 0.3 is 11.9 Å². The Labute approximate surface area is 163 Å². The molecule has 1 unspecified atom stereocenters. The molecule has 0 bridgehead atoms. The van der Waals surface area contributed by atoms with Gasteiger partial charge in [-0.15, -0.1) is 0 Å². The molecular weight excluding hydrogens is 362 g/mol. The van der Waals surface area contributed by atoms with Crippen molar-refractivity contribution in [3.05, 3.63) is 71.3 Å². The van der Waals surface area contributed by atoms with E-state index in [9.17, 15) is 14.4 Å². The highest BCUT2D eigenvalue weighted by molar-refractivity contribution is 5.92. The third-order valence-corrected chi connectivity index (χ3v) is 3.91. The van der Waals surface area contributed by atoms with Gasteiger partial charge in [-0.2, -0.15) is 0 Å². The summed E-state index contributed by atoms with van der Waals surface area (Å²) in [6.45, 7) is -0.141. The summed E-state index contributed by atoms with van der Waals surface area (Å²) in [5.41, 5.74) is 2.00. The van der Waals surface area contributed by atoms with Gasteiger partial charge in [-0.1, -0.05) is 42.5 Å². The van der Waals surface area contributed by atoms with Crippen LogP contribution in [0.5, 0.6) is 0 Å². The molecule has 28 heavy (non-hydrogen) atoms. The highest BCUT2D eigenvalue weighted by Crippen LogP contribution is 2.08. The maximum Gasteiger partial charge on any atom is 0.338 e. The standard InChI is InChI=1S/C21H23NO6/c1-26-13-16-9-6-10-17(11-16)20(24)28-14-19(23)22-18(21(25)27-2)12-15-7-4-3-5-8-15/h3-11,18H,12-14H2,1-2H3,(H,22,23). The highest BCUT2D eigenvalue weighted by Gasteiger charge is 2.22. The van der Waals surface area contributed by atoms with Gasteiger partial charge in [-0.25, -0.2) is 9.59 Å². The minimum atomic E-state index is -0.872. The van der Waals surface area contributed by atoms with Crippen LogP contribution in [0.4, 0.5) is 0 Å². The molecule has 2 aromatic carbocycles. The van der Waals surface area contributed by atoms with Crippen molar-refractivity contribution in [2.24, 2.45) is 0 Å². The van der Waals surface area contributed by atoms with Crippen molar-refractivity contribution in [3.63, 3.8) is 0 Å². The maximum absolute atomic E-state index is 12.2. The molecule has 2 aromatic rings. The van der Waals surface area contributed by atoms with Crippen molar-refractivity contribution < 1.29 is 28.6 Å². The van der Waals surface area contributed by atoms with Crippen LogP contribution in [0.2, 0.25) is 0 Å². The number of hydrogen-bond donors (Lipinski definition) is 1. The summed E-state index contributed by atoms with van der Waals surface area (Å²) in [4.78, 5) is 36.2. The van der Waals surface area contributed by atoms with Crippen molar-refractivity contribution in [1.82, 2.24) is 5.32 Å². The Hall–Kier alpha value is -3.19. The lowest BCUT2D eigenvalue weighted by Crippen LogP contribution is -2.44. The van der Waals surface area contributed by atoms with Crippen LogP contribution in [-0.2, 0) is 36.8 Å². The number of nitrogens with one attached hydrogen (secondary N) is 1. The summed E-state index contributed by atoms with van der Waals surface area (Å²) in [7, 11) is 2.81.